The van der Waals surface area contributed by atoms with E-state index in [9.17, 15) is 0 Å². The number of hydrogen-bond donors (Lipinski definition) is 1. The Kier molecular flexibility index (Phi) is 5.05. The summed E-state index contributed by atoms with van der Waals surface area (Å²) in [5, 5.41) is 3.18. The largest absolute Gasteiger partial charge is 0.495 e. The van der Waals surface area contributed by atoms with Gasteiger partial charge in [0.15, 0.2) is 0 Å². The summed E-state index contributed by atoms with van der Waals surface area (Å²) in [4.78, 5) is 6.50. The van der Waals surface area contributed by atoms with Gasteiger partial charge in [0, 0.05) is 13.6 Å². The zero-order valence-corrected chi connectivity index (χ0v) is 10.5. The van der Waals surface area contributed by atoms with Gasteiger partial charge in [0.1, 0.15) is 11.6 Å². The molecule has 4 nitrogen and oxygen atoms in total. The van der Waals surface area contributed by atoms with E-state index in [1.807, 2.05) is 19.2 Å². The Labute approximate surface area is 97.6 Å². The van der Waals surface area contributed by atoms with Crippen molar-refractivity contribution in [3.05, 3.63) is 18.3 Å². The SMILES string of the molecule is CNCC(C)CN(C)c1ccc(OC)cn1. The quantitative estimate of drug-likeness (QED) is 0.790. The van der Waals surface area contributed by atoms with Gasteiger partial charge in [0.2, 0.25) is 0 Å². The average Bonchev–Trinajstić information content (AvgIpc) is 2.29. The van der Waals surface area contributed by atoms with Gasteiger partial charge in [-0.25, -0.2) is 4.98 Å². The molecule has 0 amide bonds. The minimum atomic E-state index is 0.596. The summed E-state index contributed by atoms with van der Waals surface area (Å²) in [7, 11) is 5.68. The lowest BCUT2D eigenvalue weighted by Gasteiger charge is -2.22. The van der Waals surface area contributed by atoms with E-state index >= 15 is 0 Å². The van der Waals surface area contributed by atoms with Gasteiger partial charge in [-0.3, -0.25) is 0 Å². The Bertz CT molecular complexity index is 300. The number of methoxy groups -OCH3 is 1. The van der Waals surface area contributed by atoms with Crippen LogP contribution < -0.4 is 15.0 Å². The molecule has 1 atom stereocenters. The van der Waals surface area contributed by atoms with Crippen molar-refractivity contribution >= 4 is 5.82 Å². The van der Waals surface area contributed by atoms with Crippen LogP contribution in [0.4, 0.5) is 5.82 Å². The Balaban J connectivity index is 2.55. The molecule has 0 aliphatic carbocycles. The van der Waals surface area contributed by atoms with Crippen LogP contribution in [-0.4, -0.2) is 39.3 Å². The number of hydrogen-bond acceptors (Lipinski definition) is 4. The zero-order valence-electron chi connectivity index (χ0n) is 10.5. The maximum atomic E-state index is 5.08. The molecule has 1 heterocycles. The van der Waals surface area contributed by atoms with Crippen molar-refractivity contribution in [3.63, 3.8) is 0 Å². The number of anilines is 1. The van der Waals surface area contributed by atoms with Crippen LogP contribution in [-0.2, 0) is 0 Å². The molecule has 1 N–H and O–H groups in total. The maximum Gasteiger partial charge on any atom is 0.137 e. The first-order valence-electron chi connectivity index (χ1n) is 5.53. The summed E-state index contributed by atoms with van der Waals surface area (Å²) in [6, 6.07) is 3.91. The summed E-state index contributed by atoms with van der Waals surface area (Å²) < 4.78 is 5.08. The second kappa shape index (κ2) is 6.33. The number of nitrogens with one attached hydrogen (secondary N) is 1. The number of nitrogens with zero attached hydrogens (tertiary/aromatic N) is 2. The van der Waals surface area contributed by atoms with Crippen LogP contribution in [0.25, 0.3) is 0 Å². The molecule has 16 heavy (non-hydrogen) atoms. The molecule has 1 aromatic rings. The minimum absolute atomic E-state index is 0.596. The highest BCUT2D eigenvalue weighted by Crippen LogP contribution is 2.15. The average molecular weight is 223 g/mol. The van der Waals surface area contributed by atoms with Crippen LogP contribution in [0, 0.1) is 5.92 Å². The molecule has 1 rings (SSSR count). The van der Waals surface area contributed by atoms with Crippen LogP contribution in [0.3, 0.4) is 0 Å². The molecule has 0 radical (unpaired) electrons. The van der Waals surface area contributed by atoms with Crippen LogP contribution in [0.2, 0.25) is 0 Å². The van der Waals surface area contributed by atoms with Gasteiger partial charge in [-0.1, -0.05) is 6.92 Å². The topological polar surface area (TPSA) is 37.4 Å². The lowest BCUT2D eigenvalue weighted by atomic mass is 10.1. The summed E-state index contributed by atoms with van der Waals surface area (Å²) in [5.41, 5.74) is 0. The van der Waals surface area contributed by atoms with E-state index < -0.39 is 0 Å². The van der Waals surface area contributed by atoms with Gasteiger partial charge in [0.05, 0.1) is 13.3 Å². The van der Waals surface area contributed by atoms with Crippen molar-refractivity contribution in [2.24, 2.45) is 5.92 Å². The monoisotopic (exact) mass is 223 g/mol. The lowest BCUT2D eigenvalue weighted by Crippen LogP contribution is -2.30. The van der Waals surface area contributed by atoms with Gasteiger partial charge < -0.3 is 15.0 Å². The van der Waals surface area contributed by atoms with Gasteiger partial charge in [-0.2, -0.15) is 0 Å². The Morgan fingerprint density at radius 3 is 2.75 bits per heavy atom. The second-order valence-corrected chi connectivity index (χ2v) is 4.10. The first-order chi connectivity index (χ1) is 7.67. The number of ether oxygens (including phenoxy) is 1. The smallest absolute Gasteiger partial charge is 0.137 e. The van der Waals surface area contributed by atoms with E-state index in [4.69, 9.17) is 4.74 Å². The molecule has 1 unspecified atom stereocenters. The van der Waals surface area contributed by atoms with Gasteiger partial charge in [-0.05, 0) is 31.6 Å². The fourth-order valence-corrected chi connectivity index (χ4v) is 1.69. The molecule has 90 valence electrons. The standard InChI is InChI=1S/C12H21N3O/c1-10(7-13-2)9-15(3)12-6-5-11(16-4)8-14-12/h5-6,8,10,13H,7,9H2,1-4H3. The molecule has 0 saturated carbocycles. The summed E-state index contributed by atoms with van der Waals surface area (Å²) in [5.74, 6) is 2.36. The van der Waals surface area contributed by atoms with E-state index in [1.165, 1.54) is 0 Å². The predicted molar refractivity (Wildman–Crippen MR) is 67.1 cm³/mol. The van der Waals surface area contributed by atoms with Crippen molar-refractivity contribution in [2.75, 3.05) is 39.2 Å². The highest BCUT2D eigenvalue weighted by molar-refractivity contribution is 5.39. The molecule has 0 spiro atoms. The minimum Gasteiger partial charge on any atom is -0.495 e. The van der Waals surface area contributed by atoms with Crippen molar-refractivity contribution in [2.45, 2.75) is 6.92 Å². The molecule has 0 aliphatic heterocycles. The van der Waals surface area contributed by atoms with Crippen LogP contribution in [0.1, 0.15) is 6.92 Å². The first-order valence-corrected chi connectivity index (χ1v) is 5.53. The lowest BCUT2D eigenvalue weighted by molar-refractivity contribution is 0.413. The third kappa shape index (κ3) is 3.70. The van der Waals surface area contributed by atoms with E-state index in [2.05, 4.69) is 29.2 Å². The predicted octanol–water partition coefficient (Wildman–Crippen LogP) is 1.38. The van der Waals surface area contributed by atoms with Crippen molar-refractivity contribution in [3.8, 4) is 5.75 Å². The zero-order chi connectivity index (χ0) is 12.0. The molecule has 1 aromatic heterocycles. The fraction of sp³-hybridized carbons (Fsp3) is 0.583. The molecule has 0 aromatic carbocycles. The van der Waals surface area contributed by atoms with Crippen LogP contribution in [0.5, 0.6) is 5.75 Å². The fourth-order valence-electron chi connectivity index (χ4n) is 1.69. The molecule has 0 saturated heterocycles. The van der Waals surface area contributed by atoms with Gasteiger partial charge >= 0.3 is 0 Å². The van der Waals surface area contributed by atoms with Crippen molar-refractivity contribution < 1.29 is 4.74 Å². The first kappa shape index (κ1) is 12.8. The second-order valence-electron chi connectivity index (χ2n) is 4.10. The highest BCUT2D eigenvalue weighted by Gasteiger charge is 2.07. The summed E-state index contributed by atoms with van der Waals surface area (Å²) in [6.07, 6.45) is 1.74. The van der Waals surface area contributed by atoms with Crippen molar-refractivity contribution in [1.29, 1.82) is 0 Å². The third-order valence-corrected chi connectivity index (χ3v) is 2.49. The molecule has 0 fully saturated rings. The molecular weight excluding hydrogens is 202 g/mol. The van der Waals surface area contributed by atoms with Gasteiger partial charge in [0.25, 0.3) is 0 Å². The molecular formula is C12H21N3O. The Hall–Kier alpha value is -1.29. The van der Waals surface area contributed by atoms with Gasteiger partial charge in [-0.15, -0.1) is 0 Å². The van der Waals surface area contributed by atoms with E-state index in [1.54, 1.807) is 13.3 Å². The highest BCUT2D eigenvalue weighted by atomic mass is 16.5. The Morgan fingerprint density at radius 2 is 2.25 bits per heavy atom. The third-order valence-electron chi connectivity index (χ3n) is 2.49. The number of rotatable bonds is 6. The maximum absolute atomic E-state index is 5.08. The number of aromatic nitrogens is 1. The number of pyridine rings is 1. The van der Waals surface area contributed by atoms with Crippen LogP contribution in [0.15, 0.2) is 18.3 Å². The van der Waals surface area contributed by atoms with E-state index in [0.29, 0.717) is 5.92 Å². The normalized spacial score (nSPS) is 12.2. The summed E-state index contributed by atoms with van der Waals surface area (Å²) in [6.45, 7) is 4.22. The molecule has 0 bridgehead atoms. The summed E-state index contributed by atoms with van der Waals surface area (Å²) >= 11 is 0. The van der Waals surface area contributed by atoms with Crippen LogP contribution >= 0.6 is 0 Å². The van der Waals surface area contributed by atoms with Crippen molar-refractivity contribution in [1.82, 2.24) is 10.3 Å². The molecule has 0 aliphatic rings. The molecule has 4 heteroatoms. The van der Waals surface area contributed by atoms with E-state index in [0.717, 1.165) is 24.7 Å². The van der Waals surface area contributed by atoms with E-state index in [-0.39, 0.29) is 0 Å². The Morgan fingerprint density at radius 1 is 1.50 bits per heavy atom.